The monoisotopic (exact) mass is 226 g/mol. The van der Waals surface area contributed by atoms with Gasteiger partial charge < -0.3 is 20.4 Å². The summed E-state index contributed by atoms with van der Waals surface area (Å²) >= 11 is 0. The zero-order valence-electron chi connectivity index (χ0n) is 8.93. The Balaban J connectivity index is 2.58. The Kier molecular flexibility index (Phi) is 4.14. The van der Waals surface area contributed by atoms with E-state index in [1.54, 1.807) is 6.92 Å². The summed E-state index contributed by atoms with van der Waals surface area (Å²) in [6, 6.07) is -1.46. The third-order valence-electron chi connectivity index (χ3n) is 2.33. The van der Waals surface area contributed by atoms with E-state index >= 15 is 0 Å². The molecule has 88 valence electrons. The summed E-state index contributed by atoms with van der Waals surface area (Å²) < 4.78 is 0. The van der Waals surface area contributed by atoms with Crippen LogP contribution in [0.2, 0.25) is 0 Å². The van der Waals surface area contributed by atoms with Gasteiger partial charge >= 0.3 is 12.0 Å². The number of carboxylic acid groups (broad SMARTS) is 1. The summed E-state index contributed by atoms with van der Waals surface area (Å²) in [5.41, 5.74) is 0. The molecule has 0 aromatic rings. The minimum Gasteiger partial charge on any atom is -0.480 e. The SMILES string of the molecule is CC#CCNC(=O)N1CC(O)CC1C(=O)O. The van der Waals surface area contributed by atoms with E-state index in [9.17, 15) is 14.7 Å². The molecule has 0 bridgehead atoms. The average molecular weight is 226 g/mol. The topological polar surface area (TPSA) is 89.9 Å². The molecule has 1 aliphatic rings. The number of aliphatic hydroxyl groups excluding tert-OH is 1. The minimum absolute atomic E-state index is 0.0440. The number of aliphatic hydroxyl groups is 1. The van der Waals surface area contributed by atoms with Gasteiger partial charge in [0.05, 0.1) is 12.6 Å². The number of rotatable bonds is 2. The molecule has 1 rings (SSSR count). The zero-order chi connectivity index (χ0) is 12.1. The van der Waals surface area contributed by atoms with Crippen molar-refractivity contribution in [1.82, 2.24) is 10.2 Å². The van der Waals surface area contributed by atoms with Crippen LogP contribution >= 0.6 is 0 Å². The van der Waals surface area contributed by atoms with E-state index in [4.69, 9.17) is 5.11 Å². The molecule has 0 saturated carbocycles. The van der Waals surface area contributed by atoms with Gasteiger partial charge in [-0.15, -0.1) is 5.92 Å². The smallest absolute Gasteiger partial charge is 0.326 e. The number of likely N-dealkylation sites (tertiary alicyclic amines) is 1. The Morgan fingerprint density at radius 2 is 2.25 bits per heavy atom. The molecule has 0 aromatic heterocycles. The number of hydrogen-bond acceptors (Lipinski definition) is 3. The first-order valence-corrected chi connectivity index (χ1v) is 4.91. The fourth-order valence-corrected chi connectivity index (χ4v) is 1.58. The molecule has 1 fully saturated rings. The molecular weight excluding hydrogens is 212 g/mol. The number of carbonyl (C=O) groups excluding carboxylic acids is 1. The predicted molar refractivity (Wildman–Crippen MR) is 55.6 cm³/mol. The Labute approximate surface area is 93.2 Å². The molecule has 3 N–H and O–H groups in total. The van der Waals surface area contributed by atoms with Crippen molar-refractivity contribution in [3.05, 3.63) is 0 Å². The second-order valence-electron chi connectivity index (χ2n) is 3.48. The van der Waals surface area contributed by atoms with Gasteiger partial charge in [0.1, 0.15) is 6.04 Å². The van der Waals surface area contributed by atoms with Crippen LogP contribution in [0.25, 0.3) is 0 Å². The molecule has 6 nitrogen and oxygen atoms in total. The molecule has 2 atom stereocenters. The summed E-state index contributed by atoms with van der Waals surface area (Å²) in [5, 5.41) is 20.7. The van der Waals surface area contributed by atoms with Crippen LogP contribution in [0, 0.1) is 11.8 Å². The van der Waals surface area contributed by atoms with Crippen LogP contribution in [-0.2, 0) is 4.79 Å². The van der Waals surface area contributed by atoms with E-state index < -0.39 is 24.1 Å². The number of β-amino-alcohol motifs (C(OH)–C–C–N with tert-alkyl or cyclic N) is 1. The van der Waals surface area contributed by atoms with Gasteiger partial charge in [-0.25, -0.2) is 9.59 Å². The van der Waals surface area contributed by atoms with E-state index in [1.807, 2.05) is 0 Å². The summed E-state index contributed by atoms with van der Waals surface area (Å²) in [6.45, 7) is 1.86. The fourth-order valence-electron chi connectivity index (χ4n) is 1.58. The first-order valence-electron chi connectivity index (χ1n) is 4.91. The van der Waals surface area contributed by atoms with Gasteiger partial charge in [-0.1, -0.05) is 5.92 Å². The maximum Gasteiger partial charge on any atom is 0.326 e. The molecule has 1 aliphatic heterocycles. The van der Waals surface area contributed by atoms with E-state index in [0.29, 0.717) is 0 Å². The first-order chi connectivity index (χ1) is 7.56. The molecule has 16 heavy (non-hydrogen) atoms. The van der Waals surface area contributed by atoms with Crippen LogP contribution in [0.15, 0.2) is 0 Å². The number of hydrogen-bond donors (Lipinski definition) is 3. The van der Waals surface area contributed by atoms with E-state index in [0.717, 1.165) is 4.90 Å². The molecule has 2 unspecified atom stereocenters. The summed E-state index contributed by atoms with van der Waals surface area (Å²) in [4.78, 5) is 23.5. The van der Waals surface area contributed by atoms with Crippen LogP contribution in [0.1, 0.15) is 13.3 Å². The van der Waals surface area contributed by atoms with Gasteiger partial charge in [-0.2, -0.15) is 0 Å². The highest BCUT2D eigenvalue weighted by Crippen LogP contribution is 2.17. The Morgan fingerprint density at radius 1 is 1.56 bits per heavy atom. The van der Waals surface area contributed by atoms with E-state index in [2.05, 4.69) is 17.2 Å². The number of carbonyl (C=O) groups is 2. The van der Waals surface area contributed by atoms with Gasteiger partial charge in [-0.05, 0) is 6.92 Å². The summed E-state index contributed by atoms with van der Waals surface area (Å²) in [7, 11) is 0. The minimum atomic E-state index is -1.10. The molecule has 2 amide bonds. The number of urea groups is 1. The molecule has 1 heterocycles. The molecule has 0 aromatic carbocycles. The lowest BCUT2D eigenvalue weighted by atomic mass is 10.2. The quantitative estimate of drug-likeness (QED) is 0.540. The van der Waals surface area contributed by atoms with Crippen molar-refractivity contribution >= 4 is 12.0 Å². The highest BCUT2D eigenvalue weighted by molar-refractivity contribution is 5.83. The van der Waals surface area contributed by atoms with Crippen LogP contribution in [0.3, 0.4) is 0 Å². The number of aliphatic carboxylic acids is 1. The number of nitrogens with one attached hydrogen (secondary N) is 1. The van der Waals surface area contributed by atoms with E-state index in [1.165, 1.54) is 0 Å². The number of nitrogens with zero attached hydrogens (tertiary/aromatic N) is 1. The van der Waals surface area contributed by atoms with Crippen LogP contribution < -0.4 is 5.32 Å². The van der Waals surface area contributed by atoms with Crippen LogP contribution in [0.5, 0.6) is 0 Å². The fraction of sp³-hybridized carbons (Fsp3) is 0.600. The predicted octanol–water partition coefficient (Wildman–Crippen LogP) is -0.761. The second-order valence-corrected chi connectivity index (χ2v) is 3.48. The third-order valence-corrected chi connectivity index (χ3v) is 2.33. The highest BCUT2D eigenvalue weighted by atomic mass is 16.4. The largest absolute Gasteiger partial charge is 0.480 e. The van der Waals surface area contributed by atoms with Crippen molar-refractivity contribution < 1.29 is 19.8 Å². The van der Waals surface area contributed by atoms with Crippen molar-refractivity contribution in [2.45, 2.75) is 25.5 Å². The molecule has 6 heteroatoms. The normalized spacial score (nSPS) is 23.5. The van der Waals surface area contributed by atoms with Crippen molar-refractivity contribution in [1.29, 1.82) is 0 Å². The average Bonchev–Trinajstić information content (AvgIpc) is 2.61. The maximum absolute atomic E-state index is 11.6. The van der Waals surface area contributed by atoms with Crippen LogP contribution in [0.4, 0.5) is 4.79 Å². The molecular formula is C10H14N2O4. The molecule has 1 saturated heterocycles. The number of carboxylic acids is 1. The number of amides is 2. The van der Waals surface area contributed by atoms with Gasteiger partial charge in [-0.3, -0.25) is 0 Å². The summed E-state index contributed by atoms with van der Waals surface area (Å²) in [6.07, 6.45) is -0.702. The van der Waals surface area contributed by atoms with Crippen molar-refractivity contribution in [2.75, 3.05) is 13.1 Å². The van der Waals surface area contributed by atoms with Crippen LogP contribution in [-0.4, -0.2) is 52.3 Å². The molecule has 0 aliphatic carbocycles. The standard InChI is InChI=1S/C10H14N2O4/c1-2-3-4-11-10(16)12-6-7(13)5-8(12)9(14)15/h7-8,13H,4-6H2,1H3,(H,11,16)(H,14,15). The lowest BCUT2D eigenvalue weighted by molar-refractivity contribution is -0.141. The lowest BCUT2D eigenvalue weighted by Crippen LogP contribution is -2.46. The van der Waals surface area contributed by atoms with Crippen molar-refractivity contribution in [3.63, 3.8) is 0 Å². The Hall–Kier alpha value is -1.74. The van der Waals surface area contributed by atoms with Gasteiger partial charge in [0.25, 0.3) is 0 Å². The van der Waals surface area contributed by atoms with Gasteiger partial charge in [0.15, 0.2) is 0 Å². The summed E-state index contributed by atoms with van der Waals surface area (Å²) in [5.74, 6) is 4.14. The Morgan fingerprint density at radius 3 is 2.81 bits per heavy atom. The third kappa shape index (κ3) is 2.87. The molecule has 0 radical (unpaired) electrons. The Bertz CT molecular complexity index is 344. The van der Waals surface area contributed by atoms with Gasteiger partial charge in [0.2, 0.25) is 0 Å². The zero-order valence-corrected chi connectivity index (χ0v) is 8.93. The van der Waals surface area contributed by atoms with E-state index in [-0.39, 0.29) is 19.5 Å². The van der Waals surface area contributed by atoms with Crippen molar-refractivity contribution in [2.24, 2.45) is 0 Å². The van der Waals surface area contributed by atoms with Crippen molar-refractivity contribution in [3.8, 4) is 11.8 Å². The highest BCUT2D eigenvalue weighted by Gasteiger charge is 2.38. The maximum atomic E-state index is 11.6. The second kappa shape index (κ2) is 5.37. The lowest BCUT2D eigenvalue weighted by Gasteiger charge is -2.20. The first kappa shape index (κ1) is 12.3. The molecule has 0 spiro atoms. The van der Waals surface area contributed by atoms with Gasteiger partial charge in [0, 0.05) is 13.0 Å².